The molecule has 0 aliphatic rings. The number of ether oxygens (including phenoxy) is 1. The number of hydrogen-bond donors (Lipinski definition) is 3. The van der Waals surface area contributed by atoms with Gasteiger partial charge in [-0.05, 0) is 68.4 Å². The summed E-state index contributed by atoms with van der Waals surface area (Å²) >= 11 is 0. The van der Waals surface area contributed by atoms with Crippen LogP contribution in [0, 0.1) is 11.2 Å². The molecular formula is C28H30FN7O3. The molecule has 202 valence electrons. The largest absolute Gasteiger partial charge is 0.466 e. The van der Waals surface area contributed by atoms with Crippen molar-refractivity contribution in [2.24, 2.45) is 5.73 Å². The number of amidine groups is 1. The number of benzene rings is 2. The van der Waals surface area contributed by atoms with Crippen LogP contribution >= 0.6 is 0 Å². The van der Waals surface area contributed by atoms with Gasteiger partial charge in [-0.15, -0.1) is 0 Å². The molecule has 4 rings (SSSR count). The van der Waals surface area contributed by atoms with Crippen molar-refractivity contribution in [2.45, 2.75) is 33.4 Å². The fraction of sp³-hybridized carbons (Fsp3) is 0.250. The molecule has 0 aliphatic carbocycles. The van der Waals surface area contributed by atoms with E-state index in [0.717, 1.165) is 23.2 Å². The highest BCUT2D eigenvalue weighted by Gasteiger charge is 2.22. The predicted molar refractivity (Wildman–Crippen MR) is 147 cm³/mol. The van der Waals surface area contributed by atoms with Crippen molar-refractivity contribution < 1.29 is 18.7 Å². The number of amides is 1. The first kappa shape index (κ1) is 27.2. The van der Waals surface area contributed by atoms with E-state index in [1.165, 1.54) is 17.0 Å². The molecule has 0 spiro atoms. The first-order valence-electron chi connectivity index (χ1n) is 12.6. The van der Waals surface area contributed by atoms with E-state index < -0.39 is 17.7 Å². The van der Waals surface area contributed by atoms with Crippen molar-refractivity contribution in [1.82, 2.24) is 14.5 Å². The number of halogens is 1. The SMILES string of the molecule is CCOC(=O)CCN(C(=O)c1ccc2c(c1)nc(CNc1ccc(C(=N)N)cc1)n2CC)c1ccc(F)cn1. The summed E-state index contributed by atoms with van der Waals surface area (Å²) in [7, 11) is 0. The van der Waals surface area contributed by atoms with Gasteiger partial charge in [0.1, 0.15) is 23.3 Å². The van der Waals surface area contributed by atoms with E-state index in [1.807, 2.05) is 25.1 Å². The number of nitrogens with one attached hydrogen (secondary N) is 2. The average Bonchev–Trinajstić information content (AvgIpc) is 3.29. The Morgan fingerprint density at radius 1 is 1.10 bits per heavy atom. The fourth-order valence-electron chi connectivity index (χ4n) is 4.19. The second-order valence-corrected chi connectivity index (χ2v) is 8.67. The molecule has 0 saturated carbocycles. The molecule has 2 heterocycles. The minimum atomic E-state index is -0.529. The van der Waals surface area contributed by atoms with Gasteiger partial charge in [0.15, 0.2) is 0 Å². The van der Waals surface area contributed by atoms with Crippen molar-refractivity contribution in [1.29, 1.82) is 5.41 Å². The molecule has 0 bridgehead atoms. The Morgan fingerprint density at radius 2 is 1.85 bits per heavy atom. The van der Waals surface area contributed by atoms with Gasteiger partial charge in [-0.3, -0.25) is 19.9 Å². The van der Waals surface area contributed by atoms with E-state index in [1.54, 1.807) is 31.2 Å². The maximum Gasteiger partial charge on any atom is 0.307 e. The molecule has 0 aliphatic heterocycles. The Kier molecular flexibility index (Phi) is 8.50. The number of fused-ring (bicyclic) bond motifs is 1. The molecule has 11 heteroatoms. The number of carbonyl (C=O) groups excluding carboxylic acids is 2. The van der Waals surface area contributed by atoms with Crippen LogP contribution in [0.1, 0.15) is 42.0 Å². The Hall–Kier alpha value is -4.80. The smallest absolute Gasteiger partial charge is 0.307 e. The molecule has 1 amide bonds. The van der Waals surface area contributed by atoms with Gasteiger partial charge >= 0.3 is 5.97 Å². The fourth-order valence-corrected chi connectivity index (χ4v) is 4.19. The summed E-state index contributed by atoms with van der Waals surface area (Å²) in [6.07, 6.45) is 0.994. The lowest BCUT2D eigenvalue weighted by molar-refractivity contribution is -0.142. The number of imidazole rings is 1. The van der Waals surface area contributed by atoms with Crippen LogP contribution in [0.5, 0.6) is 0 Å². The number of aromatic nitrogens is 3. The first-order chi connectivity index (χ1) is 18.8. The first-order valence-corrected chi connectivity index (χ1v) is 12.6. The van der Waals surface area contributed by atoms with Gasteiger partial charge in [-0.25, -0.2) is 14.4 Å². The second-order valence-electron chi connectivity index (χ2n) is 8.67. The zero-order chi connectivity index (χ0) is 27.9. The third-order valence-electron chi connectivity index (χ3n) is 6.12. The third-order valence-corrected chi connectivity index (χ3v) is 6.12. The van der Waals surface area contributed by atoms with Crippen molar-refractivity contribution in [3.8, 4) is 0 Å². The Bertz CT molecular complexity index is 1480. The number of nitrogens with zero attached hydrogens (tertiary/aromatic N) is 4. The van der Waals surface area contributed by atoms with Crippen LogP contribution in [0.2, 0.25) is 0 Å². The summed E-state index contributed by atoms with van der Waals surface area (Å²) < 4.78 is 20.5. The summed E-state index contributed by atoms with van der Waals surface area (Å²) in [5.41, 5.74) is 8.90. The monoisotopic (exact) mass is 531 g/mol. The van der Waals surface area contributed by atoms with E-state index >= 15 is 0 Å². The maximum absolute atomic E-state index is 13.6. The summed E-state index contributed by atoms with van der Waals surface area (Å²) in [4.78, 5) is 35.7. The van der Waals surface area contributed by atoms with Crippen molar-refractivity contribution in [2.75, 3.05) is 23.4 Å². The third kappa shape index (κ3) is 6.38. The van der Waals surface area contributed by atoms with Crippen LogP contribution in [0.3, 0.4) is 0 Å². The van der Waals surface area contributed by atoms with E-state index in [0.29, 0.717) is 29.7 Å². The van der Waals surface area contributed by atoms with Crippen LogP contribution in [0.15, 0.2) is 60.8 Å². The van der Waals surface area contributed by atoms with Crippen LogP contribution in [0.25, 0.3) is 11.0 Å². The second kappa shape index (κ2) is 12.2. The van der Waals surface area contributed by atoms with E-state index in [2.05, 4.69) is 14.9 Å². The topological polar surface area (TPSA) is 139 Å². The number of nitrogen functional groups attached to an aromatic ring is 1. The Labute approximate surface area is 225 Å². The van der Waals surface area contributed by atoms with Gasteiger partial charge in [0.05, 0.1) is 36.8 Å². The van der Waals surface area contributed by atoms with Gasteiger partial charge in [-0.1, -0.05) is 0 Å². The normalized spacial score (nSPS) is 10.8. The molecule has 0 saturated heterocycles. The molecule has 39 heavy (non-hydrogen) atoms. The molecule has 4 N–H and O–H groups in total. The number of rotatable bonds is 11. The van der Waals surface area contributed by atoms with Crippen LogP contribution < -0.4 is 16.0 Å². The summed E-state index contributed by atoms with van der Waals surface area (Å²) in [5.74, 6) is -0.342. The zero-order valence-corrected chi connectivity index (χ0v) is 21.8. The molecular weight excluding hydrogens is 501 g/mol. The summed E-state index contributed by atoms with van der Waals surface area (Å²) in [6, 6.07) is 15.1. The maximum atomic E-state index is 13.6. The molecule has 10 nitrogen and oxygen atoms in total. The number of carbonyl (C=O) groups is 2. The highest BCUT2D eigenvalue weighted by atomic mass is 19.1. The standard InChI is InChI=1S/C28H30FN7O3/c1-3-35-23-11-7-19(15-22(23)34-25(35)17-32-21-9-5-18(6-10-21)27(30)31)28(38)36(14-13-26(37)39-4-2)24-12-8-20(29)16-33-24/h5-12,15-16,32H,3-4,13-14,17H2,1-2H3,(H3,30,31). The number of aryl methyl sites for hydroxylation is 1. The van der Waals surface area contributed by atoms with Crippen molar-refractivity contribution >= 4 is 40.3 Å². The average molecular weight is 532 g/mol. The lowest BCUT2D eigenvalue weighted by atomic mass is 10.1. The van der Waals surface area contributed by atoms with Gasteiger partial charge in [0.2, 0.25) is 0 Å². The molecule has 0 fully saturated rings. The number of nitrogens with two attached hydrogens (primary N) is 1. The predicted octanol–water partition coefficient (Wildman–Crippen LogP) is 4.09. The number of anilines is 2. The van der Waals surface area contributed by atoms with Crippen LogP contribution in [-0.2, 0) is 22.6 Å². The van der Waals surface area contributed by atoms with E-state index in [9.17, 15) is 14.0 Å². The van der Waals surface area contributed by atoms with E-state index in [-0.39, 0.29) is 31.2 Å². The van der Waals surface area contributed by atoms with Crippen LogP contribution in [-0.4, -0.2) is 45.4 Å². The van der Waals surface area contributed by atoms with Gasteiger partial charge in [-0.2, -0.15) is 0 Å². The highest BCUT2D eigenvalue weighted by Crippen LogP contribution is 2.22. The lowest BCUT2D eigenvalue weighted by Gasteiger charge is -2.21. The summed E-state index contributed by atoms with van der Waals surface area (Å²) in [5, 5.41) is 10.9. The number of hydrogen-bond acceptors (Lipinski definition) is 7. The molecule has 0 radical (unpaired) electrons. The zero-order valence-electron chi connectivity index (χ0n) is 21.8. The van der Waals surface area contributed by atoms with Crippen molar-refractivity contribution in [3.63, 3.8) is 0 Å². The molecule has 2 aromatic heterocycles. The van der Waals surface area contributed by atoms with Crippen LogP contribution in [0.4, 0.5) is 15.9 Å². The van der Waals surface area contributed by atoms with Gasteiger partial charge < -0.3 is 20.4 Å². The molecule has 4 aromatic rings. The Balaban J connectivity index is 1.58. The number of esters is 1. The lowest BCUT2D eigenvalue weighted by Crippen LogP contribution is -2.34. The molecule has 0 atom stereocenters. The molecule has 0 unspecified atom stereocenters. The minimum Gasteiger partial charge on any atom is -0.466 e. The van der Waals surface area contributed by atoms with E-state index in [4.69, 9.17) is 20.9 Å². The number of pyridine rings is 1. The van der Waals surface area contributed by atoms with Gasteiger partial charge in [0.25, 0.3) is 5.91 Å². The summed E-state index contributed by atoms with van der Waals surface area (Å²) in [6.45, 7) is 5.10. The van der Waals surface area contributed by atoms with Crippen molar-refractivity contribution in [3.05, 3.63) is 83.6 Å². The quantitative estimate of drug-likeness (QED) is 0.150. The molecule has 2 aromatic carbocycles. The Morgan fingerprint density at radius 3 is 2.49 bits per heavy atom. The van der Waals surface area contributed by atoms with Gasteiger partial charge in [0, 0.05) is 29.9 Å². The highest BCUT2D eigenvalue weighted by molar-refractivity contribution is 6.07. The minimum absolute atomic E-state index is 0.00865.